The highest BCUT2D eigenvalue weighted by Gasteiger charge is 2.22. The Morgan fingerprint density at radius 2 is 2.06 bits per heavy atom. The summed E-state index contributed by atoms with van der Waals surface area (Å²) in [7, 11) is 0. The first-order chi connectivity index (χ1) is 7.93. The van der Waals surface area contributed by atoms with Gasteiger partial charge in [-0.05, 0) is 12.5 Å². The van der Waals surface area contributed by atoms with Gasteiger partial charge in [0.2, 0.25) is 0 Å². The van der Waals surface area contributed by atoms with Gasteiger partial charge in [-0.1, -0.05) is 49.9 Å². The molecule has 3 rings (SSSR count). The van der Waals surface area contributed by atoms with Crippen molar-refractivity contribution in [1.82, 2.24) is 4.90 Å². The largest absolute Gasteiger partial charge is 0.478 e. The molecule has 0 aromatic heterocycles. The van der Waals surface area contributed by atoms with Gasteiger partial charge in [0.25, 0.3) is 0 Å². The highest BCUT2D eigenvalue weighted by atomic mass is 16.5. The fourth-order valence-electron chi connectivity index (χ4n) is 2.24. The molecule has 2 heteroatoms. The van der Waals surface area contributed by atoms with Crippen molar-refractivity contribution in [2.24, 2.45) is 0 Å². The van der Waals surface area contributed by atoms with Crippen LogP contribution in [0.3, 0.4) is 0 Å². The van der Waals surface area contributed by atoms with E-state index in [1.54, 1.807) is 0 Å². The Hall–Kier alpha value is -1.54. The summed E-state index contributed by atoms with van der Waals surface area (Å²) >= 11 is 0. The van der Waals surface area contributed by atoms with Crippen LogP contribution >= 0.6 is 0 Å². The minimum atomic E-state index is 0. The molecular weight excluding hydrogens is 210 g/mol. The third-order valence-electron chi connectivity index (χ3n) is 3.16. The Balaban J connectivity index is 0.00000108. The lowest BCUT2D eigenvalue weighted by molar-refractivity contribution is 0.0725. The van der Waals surface area contributed by atoms with E-state index in [0.29, 0.717) is 12.8 Å². The maximum atomic E-state index is 5.76. The topological polar surface area (TPSA) is 12.5 Å². The minimum absolute atomic E-state index is 0. The van der Waals surface area contributed by atoms with Crippen LogP contribution in [0, 0.1) is 0 Å². The van der Waals surface area contributed by atoms with Crippen LogP contribution in [-0.2, 0) is 6.54 Å². The van der Waals surface area contributed by atoms with Crippen LogP contribution in [0.1, 0.15) is 19.4 Å². The van der Waals surface area contributed by atoms with Crippen molar-refractivity contribution in [2.75, 3.05) is 6.73 Å². The summed E-state index contributed by atoms with van der Waals surface area (Å²) in [6.45, 7) is 1.68. The third-order valence-corrected chi connectivity index (χ3v) is 3.16. The number of benzene rings is 1. The van der Waals surface area contributed by atoms with Crippen LogP contribution < -0.4 is 4.74 Å². The molecule has 1 aliphatic carbocycles. The van der Waals surface area contributed by atoms with E-state index in [2.05, 4.69) is 41.3 Å². The molecule has 1 unspecified atom stereocenters. The normalized spacial score (nSPS) is 22.5. The highest BCUT2D eigenvalue weighted by molar-refractivity contribution is 5.34. The molecule has 17 heavy (non-hydrogen) atoms. The van der Waals surface area contributed by atoms with Gasteiger partial charge in [-0.15, -0.1) is 0 Å². The molecule has 0 saturated carbocycles. The number of hydrogen-bond acceptors (Lipinski definition) is 2. The second kappa shape index (κ2) is 5.19. The lowest BCUT2D eigenvalue weighted by atomic mass is 10.1. The molecule has 1 aromatic rings. The molecule has 0 N–H and O–H groups in total. The van der Waals surface area contributed by atoms with Gasteiger partial charge in [0.15, 0.2) is 0 Å². The summed E-state index contributed by atoms with van der Waals surface area (Å²) in [5.74, 6) is 1.04. The Bertz CT molecular complexity index is 436. The Morgan fingerprint density at radius 3 is 2.88 bits per heavy atom. The molecule has 0 spiro atoms. The van der Waals surface area contributed by atoms with Crippen LogP contribution in [0.2, 0.25) is 0 Å². The quantitative estimate of drug-likeness (QED) is 0.732. The lowest BCUT2D eigenvalue weighted by Crippen LogP contribution is -2.39. The minimum Gasteiger partial charge on any atom is -0.478 e. The maximum Gasteiger partial charge on any atom is 0.142 e. The smallest absolute Gasteiger partial charge is 0.142 e. The average molecular weight is 229 g/mol. The second-order valence-electron chi connectivity index (χ2n) is 4.24. The van der Waals surface area contributed by atoms with Crippen LogP contribution in [0.4, 0.5) is 0 Å². The van der Waals surface area contributed by atoms with Crippen molar-refractivity contribution < 1.29 is 4.74 Å². The molecule has 0 bridgehead atoms. The molecule has 0 fully saturated rings. The number of ether oxygens (including phenoxy) is 1. The van der Waals surface area contributed by atoms with E-state index in [-0.39, 0.29) is 7.43 Å². The Morgan fingerprint density at radius 1 is 1.18 bits per heavy atom. The van der Waals surface area contributed by atoms with Gasteiger partial charge >= 0.3 is 0 Å². The molecule has 1 aliphatic heterocycles. The first-order valence-electron chi connectivity index (χ1n) is 5.71. The molecule has 0 saturated heterocycles. The third kappa shape index (κ3) is 2.42. The summed E-state index contributed by atoms with van der Waals surface area (Å²) < 4.78 is 5.76. The first kappa shape index (κ1) is 11.9. The summed E-state index contributed by atoms with van der Waals surface area (Å²) in [6, 6.07) is 8.77. The van der Waals surface area contributed by atoms with E-state index in [0.717, 1.165) is 18.7 Å². The second-order valence-corrected chi connectivity index (χ2v) is 4.24. The fraction of sp³-hybridized carbons (Fsp3) is 0.333. The Labute approximate surface area is 103 Å². The van der Waals surface area contributed by atoms with Gasteiger partial charge in [0, 0.05) is 18.2 Å². The number of nitrogens with zero attached hydrogens (tertiary/aromatic N) is 1. The molecule has 0 amide bonds. The van der Waals surface area contributed by atoms with Gasteiger partial charge in [-0.2, -0.15) is 0 Å². The predicted octanol–water partition coefficient (Wildman–Crippen LogP) is 3.36. The van der Waals surface area contributed by atoms with Crippen LogP contribution in [0.15, 0.2) is 48.6 Å². The van der Waals surface area contributed by atoms with Crippen molar-refractivity contribution >= 4 is 0 Å². The van der Waals surface area contributed by atoms with E-state index >= 15 is 0 Å². The molecule has 1 atom stereocenters. The SMILES string of the molecule is C.C1=CCC(N2COc3ccccc3C2)C=C1. The van der Waals surface area contributed by atoms with E-state index in [4.69, 9.17) is 4.74 Å². The summed E-state index contributed by atoms with van der Waals surface area (Å²) in [5, 5.41) is 0. The molecular formula is C15H19NO. The van der Waals surface area contributed by atoms with Crippen molar-refractivity contribution in [1.29, 1.82) is 0 Å². The first-order valence-corrected chi connectivity index (χ1v) is 5.71. The van der Waals surface area contributed by atoms with Crippen LogP contribution in [-0.4, -0.2) is 17.7 Å². The van der Waals surface area contributed by atoms with E-state index in [1.807, 2.05) is 12.1 Å². The molecule has 2 aliphatic rings. The molecule has 1 heterocycles. The van der Waals surface area contributed by atoms with E-state index < -0.39 is 0 Å². The van der Waals surface area contributed by atoms with Crippen molar-refractivity contribution in [3.05, 3.63) is 54.1 Å². The van der Waals surface area contributed by atoms with Gasteiger partial charge < -0.3 is 4.74 Å². The van der Waals surface area contributed by atoms with E-state index in [1.165, 1.54) is 5.56 Å². The zero-order chi connectivity index (χ0) is 10.8. The molecule has 1 aromatic carbocycles. The molecule has 2 nitrogen and oxygen atoms in total. The maximum absolute atomic E-state index is 5.76. The van der Waals surface area contributed by atoms with Crippen molar-refractivity contribution in [3.8, 4) is 5.75 Å². The Kier molecular flexibility index (Phi) is 3.64. The number of fused-ring (bicyclic) bond motifs is 1. The monoisotopic (exact) mass is 229 g/mol. The summed E-state index contributed by atoms with van der Waals surface area (Å²) in [4.78, 5) is 2.36. The van der Waals surface area contributed by atoms with Crippen LogP contribution in [0.25, 0.3) is 0 Å². The zero-order valence-corrected chi connectivity index (χ0v) is 9.17. The van der Waals surface area contributed by atoms with Gasteiger partial charge in [-0.3, -0.25) is 4.90 Å². The molecule has 90 valence electrons. The van der Waals surface area contributed by atoms with Gasteiger partial charge in [0.1, 0.15) is 12.5 Å². The fourth-order valence-corrected chi connectivity index (χ4v) is 2.24. The van der Waals surface area contributed by atoms with E-state index in [9.17, 15) is 0 Å². The lowest BCUT2D eigenvalue weighted by Gasteiger charge is -2.34. The van der Waals surface area contributed by atoms with Crippen molar-refractivity contribution in [3.63, 3.8) is 0 Å². The summed E-state index contributed by atoms with van der Waals surface area (Å²) in [5.41, 5.74) is 1.29. The standard InChI is InChI=1S/C14H15NO.CH4/c1-2-7-13(8-3-1)15-10-12-6-4-5-9-14(12)16-11-15;/h1-7,9,13H,8,10-11H2;1H4. The number of hydrogen-bond donors (Lipinski definition) is 0. The van der Waals surface area contributed by atoms with Gasteiger partial charge in [0.05, 0.1) is 0 Å². The number of para-hydroxylation sites is 1. The average Bonchev–Trinajstić information content (AvgIpc) is 2.39. The number of allylic oxidation sites excluding steroid dienone is 2. The zero-order valence-electron chi connectivity index (χ0n) is 9.17. The van der Waals surface area contributed by atoms with Gasteiger partial charge in [-0.25, -0.2) is 0 Å². The predicted molar refractivity (Wildman–Crippen MR) is 70.9 cm³/mol. The highest BCUT2D eigenvalue weighted by Crippen LogP contribution is 2.26. The van der Waals surface area contributed by atoms with Crippen LogP contribution in [0.5, 0.6) is 5.75 Å². The van der Waals surface area contributed by atoms with Crippen molar-refractivity contribution in [2.45, 2.75) is 26.4 Å². The molecule has 0 radical (unpaired) electrons. The number of rotatable bonds is 1. The summed E-state index contributed by atoms with van der Waals surface area (Å²) in [6.07, 6.45) is 9.77.